The highest BCUT2D eigenvalue weighted by molar-refractivity contribution is 7.93. The van der Waals surface area contributed by atoms with Crippen LogP contribution in [0.3, 0.4) is 0 Å². The number of amides is 1. The van der Waals surface area contributed by atoms with Crippen molar-refractivity contribution in [3.05, 3.63) is 29.8 Å². The van der Waals surface area contributed by atoms with Crippen molar-refractivity contribution in [2.24, 2.45) is 5.92 Å². The molecule has 3 aliphatic rings. The van der Waals surface area contributed by atoms with Crippen LogP contribution in [0, 0.1) is 5.92 Å². The average molecular weight is 392 g/mol. The molecule has 2 aliphatic heterocycles. The lowest BCUT2D eigenvalue weighted by atomic mass is 10.1. The Labute approximate surface area is 162 Å². The van der Waals surface area contributed by atoms with Crippen molar-refractivity contribution in [2.45, 2.75) is 44.6 Å². The lowest BCUT2D eigenvalue weighted by molar-refractivity contribution is 0.0947. The van der Waals surface area contributed by atoms with Crippen molar-refractivity contribution in [3.8, 4) is 0 Å². The van der Waals surface area contributed by atoms with Crippen molar-refractivity contribution in [2.75, 3.05) is 36.2 Å². The zero-order valence-electron chi connectivity index (χ0n) is 15.8. The number of carbonyl (C=O) groups is 1. The summed E-state index contributed by atoms with van der Waals surface area (Å²) in [5.41, 5.74) is 1.23. The van der Waals surface area contributed by atoms with Gasteiger partial charge in [0.05, 0.1) is 11.4 Å². The summed E-state index contributed by atoms with van der Waals surface area (Å²) < 4.78 is 25.4. The normalized spacial score (nSPS) is 25.9. The Kier molecular flexibility index (Phi) is 5.41. The van der Waals surface area contributed by atoms with Gasteiger partial charge in [-0.05, 0) is 62.4 Å². The minimum Gasteiger partial charge on any atom is -0.352 e. The van der Waals surface area contributed by atoms with Crippen LogP contribution in [0.15, 0.2) is 24.3 Å². The Balaban J connectivity index is 1.29. The first-order valence-corrected chi connectivity index (χ1v) is 11.8. The van der Waals surface area contributed by atoms with Crippen LogP contribution in [0.1, 0.15) is 48.9 Å². The molecule has 0 bridgehead atoms. The van der Waals surface area contributed by atoms with Crippen LogP contribution in [0.2, 0.25) is 0 Å². The summed E-state index contributed by atoms with van der Waals surface area (Å²) >= 11 is 0. The van der Waals surface area contributed by atoms with Gasteiger partial charge in [-0.15, -0.1) is 0 Å². The van der Waals surface area contributed by atoms with E-state index in [0.717, 1.165) is 25.6 Å². The van der Waals surface area contributed by atoms with Gasteiger partial charge < -0.3 is 10.2 Å². The lowest BCUT2D eigenvalue weighted by Gasteiger charge is -2.23. The van der Waals surface area contributed by atoms with Crippen LogP contribution >= 0.6 is 0 Å². The molecule has 27 heavy (non-hydrogen) atoms. The van der Waals surface area contributed by atoms with E-state index in [1.54, 1.807) is 24.3 Å². The Morgan fingerprint density at radius 2 is 1.78 bits per heavy atom. The van der Waals surface area contributed by atoms with Crippen LogP contribution < -0.4 is 9.62 Å². The fourth-order valence-corrected chi connectivity index (χ4v) is 6.24. The fraction of sp³-hybridized carbons (Fsp3) is 0.650. The number of carbonyl (C=O) groups excluding carboxylic acids is 1. The summed E-state index contributed by atoms with van der Waals surface area (Å²) in [7, 11) is -3.18. The lowest BCUT2D eigenvalue weighted by Crippen LogP contribution is -2.34. The smallest absolute Gasteiger partial charge is 0.251 e. The van der Waals surface area contributed by atoms with Crippen LogP contribution in [-0.2, 0) is 10.0 Å². The van der Waals surface area contributed by atoms with E-state index in [0.29, 0.717) is 36.7 Å². The van der Waals surface area contributed by atoms with Crippen molar-refractivity contribution in [1.29, 1.82) is 0 Å². The number of benzene rings is 1. The Bertz CT molecular complexity index is 772. The molecule has 0 aromatic heterocycles. The number of sulfonamides is 1. The molecule has 1 N–H and O–H groups in total. The molecule has 1 atom stereocenters. The molecule has 1 amide bonds. The minimum absolute atomic E-state index is 0.0786. The number of hydrogen-bond donors (Lipinski definition) is 1. The van der Waals surface area contributed by atoms with Crippen LogP contribution in [0.4, 0.5) is 5.69 Å². The second kappa shape index (κ2) is 7.80. The first kappa shape index (κ1) is 18.7. The number of rotatable bonds is 5. The minimum atomic E-state index is -3.18. The molecule has 4 rings (SSSR count). The van der Waals surface area contributed by atoms with Gasteiger partial charge in [-0.25, -0.2) is 8.42 Å². The summed E-state index contributed by atoms with van der Waals surface area (Å²) in [6.07, 6.45) is 7.19. The van der Waals surface area contributed by atoms with Crippen LogP contribution in [0.25, 0.3) is 0 Å². The highest BCUT2D eigenvalue weighted by Gasteiger charge is 2.30. The maximum Gasteiger partial charge on any atom is 0.251 e. The molecule has 3 fully saturated rings. The third-order valence-electron chi connectivity index (χ3n) is 6.23. The molecular formula is C20H29N3O3S. The molecule has 1 aromatic carbocycles. The van der Waals surface area contributed by atoms with Gasteiger partial charge in [-0.2, -0.15) is 0 Å². The highest BCUT2D eigenvalue weighted by atomic mass is 32.2. The predicted octanol–water partition coefficient (Wildman–Crippen LogP) is 2.22. The maximum atomic E-state index is 12.4. The van der Waals surface area contributed by atoms with Gasteiger partial charge in [0.15, 0.2) is 0 Å². The number of likely N-dealkylation sites (tertiary alicyclic amines) is 1. The zero-order chi connectivity index (χ0) is 18.9. The van der Waals surface area contributed by atoms with E-state index >= 15 is 0 Å². The summed E-state index contributed by atoms with van der Waals surface area (Å²) in [4.78, 5) is 15.0. The molecule has 1 saturated carbocycles. The molecule has 148 valence electrons. The molecule has 0 radical (unpaired) electrons. The van der Waals surface area contributed by atoms with Crippen molar-refractivity contribution in [3.63, 3.8) is 0 Å². The molecule has 7 heteroatoms. The third-order valence-corrected chi connectivity index (χ3v) is 8.10. The number of anilines is 1. The number of nitrogens with zero attached hydrogens (tertiary/aromatic N) is 2. The van der Waals surface area contributed by atoms with E-state index in [4.69, 9.17) is 0 Å². The Morgan fingerprint density at radius 1 is 1.04 bits per heavy atom. The molecule has 1 aromatic rings. The van der Waals surface area contributed by atoms with Gasteiger partial charge in [0.1, 0.15) is 0 Å². The van der Waals surface area contributed by atoms with E-state index in [1.807, 2.05) is 0 Å². The van der Waals surface area contributed by atoms with Gasteiger partial charge in [0.2, 0.25) is 10.0 Å². The summed E-state index contributed by atoms with van der Waals surface area (Å²) in [5, 5.41) is 3.06. The SMILES string of the molecule is O=C(NCC1CCN(C2CCCC2)C1)c1ccc(N2CCCS2(=O)=O)cc1. The van der Waals surface area contributed by atoms with Gasteiger partial charge in [0, 0.05) is 31.2 Å². The first-order valence-electron chi connectivity index (χ1n) is 10.2. The molecule has 2 heterocycles. The van der Waals surface area contributed by atoms with Crippen molar-refractivity contribution in [1.82, 2.24) is 10.2 Å². The largest absolute Gasteiger partial charge is 0.352 e. The van der Waals surface area contributed by atoms with Gasteiger partial charge in [-0.3, -0.25) is 9.10 Å². The molecular weight excluding hydrogens is 362 g/mol. The molecule has 0 spiro atoms. The van der Waals surface area contributed by atoms with Crippen LogP contribution in [-0.4, -0.2) is 57.2 Å². The Morgan fingerprint density at radius 3 is 2.44 bits per heavy atom. The zero-order valence-corrected chi connectivity index (χ0v) is 16.6. The van der Waals surface area contributed by atoms with Gasteiger partial charge in [-0.1, -0.05) is 12.8 Å². The number of nitrogens with one attached hydrogen (secondary N) is 1. The highest BCUT2D eigenvalue weighted by Crippen LogP contribution is 2.28. The standard InChI is InChI=1S/C20H29N3O3S/c24-20(21-14-16-10-12-22(15-16)18-4-1-2-5-18)17-6-8-19(9-7-17)23-11-3-13-27(23,25)26/h6-9,16,18H,1-5,10-15H2,(H,21,24). The molecule has 1 unspecified atom stereocenters. The molecule has 6 nitrogen and oxygen atoms in total. The van der Waals surface area contributed by atoms with Crippen LogP contribution in [0.5, 0.6) is 0 Å². The molecule has 2 saturated heterocycles. The summed E-state index contributed by atoms with van der Waals surface area (Å²) in [5.74, 6) is 0.655. The summed E-state index contributed by atoms with van der Waals surface area (Å²) in [6.45, 7) is 3.48. The van der Waals surface area contributed by atoms with E-state index < -0.39 is 10.0 Å². The first-order chi connectivity index (χ1) is 13.0. The van der Waals surface area contributed by atoms with Crippen molar-refractivity contribution >= 4 is 21.6 Å². The average Bonchev–Trinajstić information content (AvgIpc) is 3.40. The van der Waals surface area contributed by atoms with E-state index in [1.165, 1.54) is 30.0 Å². The number of hydrogen-bond acceptors (Lipinski definition) is 4. The monoisotopic (exact) mass is 391 g/mol. The second-order valence-electron chi connectivity index (χ2n) is 8.09. The predicted molar refractivity (Wildman–Crippen MR) is 106 cm³/mol. The van der Waals surface area contributed by atoms with Gasteiger partial charge >= 0.3 is 0 Å². The maximum absolute atomic E-state index is 12.4. The van der Waals surface area contributed by atoms with Gasteiger partial charge in [0.25, 0.3) is 5.91 Å². The second-order valence-corrected chi connectivity index (χ2v) is 10.1. The van der Waals surface area contributed by atoms with E-state index in [-0.39, 0.29) is 11.7 Å². The Hall–Kier alpha value is -1.60. The van der Waals surface area contributed by atoms with E-state index in [9.17, 15) is 13.2 Å². The summed E-state index contributed by atoms with van der Waals surface area (Å²) in [6, 6.07) is 7.67. The third kappa shape index (κ3) is 4.14. The molecule has 1 aliphatic carbocycles. The topological polar surface area (TPSA) is 69.7 Å². The van der Waals surface area contributed by atoms with E-state index in [2.05, 4.69) is 10.2 Å². The fourth-order valence-electron chi connectivity index (χ4n) is 4.68. The van der Waals surface area contributed by atoms with Crippen molar-refractivity contribution < 1.29 is 13.2 Å². The quantitative estimate of drug-likeness (QED) is 0.836.